The SMILES string of the molecule is NC1(c2noc(-c3cn[nH]c3-c3cccc(Cl)c3)n2)CCCC1. The largest absolute Gasteiger partial charge is 0.334 e. The van der Waals surface area contributed by atoms with E-state index in [1.807, 2.05) is 24.3 Å². The average molecular weight is 330 g/mol. The minimum Gasteiger partial charge on any atom is -0.334 e. The van der Waals surface area contributed by atoms with Gasteiger partial charge in [-0.25, -0.2) is 0 Å². The molecule has 0 unspecified atom stereocenters. The number of benzene rings is 1. The first-order valence-corrected chi connectivity index (χ1v) is 7.96. The summed E-state index contributed by atoms with van der Waals surface area (Å²) in [4.78, 5) is 4.52. The first-order valence-electron chi connectivity index (χ1n) is 7.58. The van der Waals surface area contributed by atoms with Crippen molar-refractivity contribution < 1.29 is 4.52 Å². The number of halogens is 1. The number of aromatic amines is 1. The zero-order valence-electron chi connectivity index (χ0n) is 12.4. The number of hydrogen-bond donors (Lipinski definition) is 2. The molecule has 1 aliphatic carbocycles. The summed E-state index contributed by atoms with van der Waals surface area (Å²) >= 11 is 6.07. The molecule has 0 amide bonds. The third-order valence-corrected chi connectivity index (χ3v) is 4.59. The molecule has 0 spiro atoms. The highest BCUT2D eigenvalue weighted by molar-refractivity contribution is 6.30. The summed E-state index contributed by atoms with van der Waals surface area (Å²) in [5.41, 5.74) is 8.36. The lowest BCUT2D eigenvalue weighted by Gasteiger charge is -2.17. The summed E-state index contributed by atoms with van der Waals surface area (Å²) in [6, 6.07) is 7.51. The van der Waals surface area contributed by atoms with E-state index >= 15 is 0 Å². The molecule has 6 nitrogen and oxygen atoms in total. The molecule has 2 aromatic heterocycles. The Morgan fingerprint density at radius 1 is 1.26 bits per heavy atom. The van der Waals surface area contributed by atoms with E-state index in [-0.39, 0.29) is 0 Å². The Labute approximate surface area is 138 Å². The lowest BCUT2D eigenvalue weighted by molar-refractivity contribution is 0.372. The zero-order chi connectivity index (χ0) is 15.9. The third-order valence-electron chi connectivity index (χ3n) is 4.35. The van der Waals surface area contributed by atoms with Crippen LogP contribution in [0.1, 0.15) is 31.5 Å². The fourth-order valence-electron chi connectivity index (χ4n) is 3.08. The number of nitrogens with one attached hydrogen (secondary N) is 1. The van der Waals surface area contributed by atoms with E-state index in [0.717, 1.165) is 42.5 Å². The monoisotopic (exact) mass is 329 g/mol. The molecule has 0 atom stereocenters. The van der Waals surface area contributed by atoms with Gasteiger partial charge in [0.1, 0.15) is 0 Å². The lowest BCUT2D eigenvalue weighted by Crippen LogP contribution is -2.34. The van der Waals surface area contributed by atoms with Crippen molar-refractivity contribution >= 4 is 11.6 Å². The van der Waals surface area contributed by atoms with Crippen LogP contribution in [0.15, 0.2) is 35.0 Å². The van der Waals surface area contributed by atoms with Gasteiger partial charge in [-0.05, 0) is 25.0 Å². The highest BCUT2D eigenvalue weighted by Crippen LogP contribution is 2.36. The Bertz CT molecular complexity index is 834. The summed E-state index contributed by atoms with van der Waals surface area (Å²) in [6.45, 7) is 0. The van der Waals surface area contributed by atoms with Gasteiger partial charge in [0.15, 0.2) is 5.82 Å². The maximum atomic E-state index is 6.39. The number of hydrogen-bond acceptors (Lipinski definition) is 5. The van der Waals surface area contributed by atoms with Crippen LogP contribution in [-0.4, -0.2) is 20.3 Å². The van der Waals surface area contributed by atoms with Crippen molar-refractivity contribution in [2.45, 2.75) is 31.2 Å². The van der Waals surface area contributed by atoms with E-state index in [1.165, 1.54) is 0 Å². The normalized spacial score (nSPS) is 16.8. The van der Waals surface area contributed by atoms with Crippen LogP contribution >= 0.6 is 11.6 Å². The second-order valence-electron chi connectivity index (χ2n) is 5.96. The van der Waals surface area contributed by atoms with E-state index < -0.39 is 5.54 Å². The van der Waals surface area contributed by atoms with Gasteiger partial charge < -0.3 is 10.3 Å². The zero-order valence-corrected chi connectivity index (χ0v) is 13.2. The minimum absolute atomic E-state index is 0.417. The quantitative estimate of drug-likeness (QED) is 0.767. The van der Waals surface area contributed by atoms with Crippen molar-refractivity contribution in [2.75, 3.05) is 0 Å². The molecule has 1 aromatic carbocycles. The summed E-state index contributed by atoms with van der Waals surface area (Å²) < 4.78 is 5.44. The fraction of sp³-hybridized carbons (Fsp3) is 0.312. The first kappa shape index (κ1) is 14.4. The van der Waals surface area contributed by atoms with Crippen molar-refractivity contribution in [1.82, 2.24) is 20.3 Å². The summed E-state index contributed by atoms with van der Waals surface area (Å²) in [5, 5.41) is 11.8. The van der Waals surface area contributed by atoms with Crippen LogP contribution in [0, 0.1) is 0 Å². The van der Waals surface area contributed by atoms with Crippen molar-refractivity contribution in [3.63, 3.8) is 0 Å². The molecule has 118 valence electrons. The van der Waals surface area contributed by atoms with Gasteiger partial charge >= 0.3 is 0 Å². The Balaban J connectivity index is 1.73. The van der Waals surface area contributed by atoms with Crippen molar-refractivity contribution in [3.05, 3.63) is 41.3 Å². The molecule has 1 fully saturated rings. The fourth-order valence-corrected chi connectivity index (χ4v) is 3.27. The molecule has 3 aromatic rings. The number of H-pyrrole nitrogens is 1. The number of aromatic nitrogens is 4. The molecule has 23 heavy (non-hydrogen) atoms. The van der Waals surface area contributed by atoms with Crippen LogP contribution in [0.2, 0.25) is 5.02 Å². The average Bonchev–Trinajstić information content (AvgIpc) is 3.27. The van der Waals surface area contributed by atoms with Crippen LogP contribution < -0.4 is 5.73 Å². The number of nitrogens with two attached hydrogens (primary N) is 1. The lowest BCUT2D eigenvalue weighted by atomic mass is 9.98. The topological polar surface area (TPSA) is 93.6 Å². The van der Waals surface area contributed by atoms with Gasteiger partial charge in [0, 0.05) is 10.6 Å². The molecular formula is C16H16ClN5O. The highest BCUT2D eigenvalue weighted by atomic mass is 35.5. The molecule has 7 heteroatoms. The Morgan fingerprint density at radius 3 is 2.87 bits per heavy atom. The molecule has 0 radical (unpaired) electrons. The van der Waals surface area contributed by atoms with E-state index in [1.54, 1.807) is 6.20 Å². The smallest absolute Gasteiger partial charge is 0.261 e. The van der Waals surface area contributed by atoms with Crippen molar-refractivity contribution in [3.8, 4) is 22.7 Å². The third kappa shape index (κ3) is 2.54. The molecular weight excluding hydrogens is 314 g/mol. The van der Waals surface area contributed by atoms with Gasteiger partial charge in [0.2, 0.25) is 0 Å². The van der Waals surface area contributed by atoms with Gasteiger partial charge in [0.05, 0.1) is 23.0 Å². The van der Waals surface area contributed by atoms with E-state index in [9.17, 15) is 0 Å². The predicted molar refractivity (Wildman–Crippen MR) is 86.7 cm³/mol. The van der Waals surface area contributed by atoms with Crippen LogP contribution in [0.4, 0.5) is 0 Å². The molecule has 0 aliphatic heterocycles. The maximum Gasteiger partial charge on any atom is 0.261 e. The van der Waals surface area contributed by atoms with Gasteiger partial charge in [-0.1, -0.05) is 41.7 Å². The highest BCUT2D eigenvalue weighted by Gasteiger charge is 2.36. The van der Waals surface area contributed by atoms with E-state index in [2.05, 4.69) is 20.3 Å². The van der Waals surface area contributed by atoms with E-state index in [4.69, 9.17) is 21.9 Å². The Kier molecular flexibility index (Phi) is 3.43. The predicted octanol–water partition coefficient (Wildman–Crippen LogP) is 3.51. The second-order valence-corrected chi connectivity index (χ2v) is 6.39. The van der Waals surface area contributed by atoms with Crippen LogP contribution in [-0.2, 0) is 5.54 Å². The standard InChI is InChI=1S/C16H16ClN5O/c17-11-5-3-4-10(8-11)13-12(9-19-21-13)14-20-15(22-23-14)16(18)6-1-2-7-16/h3-5,8-9H,1-2,6-7,18H2,(H,19,21). The van der Waals surface area contributed by atoms with Crippen LogP contribution in [0.3, 0.4) is 0 Å². The molecule has 3 N–H and O–H groups in total. The van der Waals surface area contributed by atoms with E-state index in [0.29, 0.717) is 16.7 Å². The van der Waals surface area contributed by atoms with Gasteiger partial charge in [-0.15, -0.1) is 0 Å². The number of rotatable bonds is 3. The molecule has 1 aliphatic rings. The minimum atomic E-state index is -0.471. The van der Waals surface area contributed by atoms with Crippen LogP contribution in [0.25, 0.3) is 22.7 Å². The molecule has 1 saturated carbocycles. The molecule has 0 saturated heterocycles. The van der Waals surface area contributed by atoms with Crippen LogP contribution in [0.5, 0.6) is 0 Å². The Hall–Kier alpha value is -2.18. The second kappa shape index (κ2) is 5.47. The summed E-state index contributed by atoms with van der Waals surface area (Å²) in [7, 11) is 0. The summed E-state index contributed by atoms with van der Waals surface area (Å²) in [6.07, 6.45) is 5.64. The Morgan fingerprint density at radius 2 is 2.09 bits per heavy atom. The molecule has 2 heterocycles. The number of nitrogens with zero attached hydrogens (tertiary/aromatic N) is 3. The first-order chi connectivity index (χ1) is 11.2. The van der Waals surface area contributed by atoms with Gasteiger partial charge in [-0.3, -0.25) is 5.10 Å². The van der Waals surface area contributed by atoms with Crippen molar-refractivity contribution in [2.24, 2.45) is 5.73 Å². The molecule has 0 bridgehead atoms. The summed E-state index contributed by atoms with van der Waals surface area (Å²) in [5.74, 6) is 0.990. The van der Waals surface area contributed by atoms with Gasteiger partial charge in [0.25, 0.3) is 5.89 Å². The maximum absolute atomic E-state index is 6.39. The van der Waals surface area contributed by atoms with Crippen molar-refractivity contribution in [1.29, 1.82) is 0 Å². The van der Waals surface area contributed by atoms with Gasteiger partial charge in [-0.2, -0.15) is 10.1 Å². The molecule has 4 rings (SSSR count).